The number of ether oxygens (including phenoxy) is 1. The van der Waals surface area contributed by atoms with Gasteiger partial charge in [-0.15, -0.1) is 0 Å². The molecule has 0 bridgehead atoms. The maximum atomic E-state index is 6.02. The van der Waals surface area contributed by atoms with E-state index in [1.54, 1.807) is 7.11 Å². The Morgan fingerprint density at radius 3 is 2.88 bits per heavy atom. The van der Waals surface area contributed by atoms with E-state index in [0.29, 0.717) is 23.7 Å². The Kier molecular flexibility index (Phi) is 5.51. The van der Waals surface area contributed by atoms with Crippen LogP contribution in [0, 0.1) is 0 Å². The molecule has 6 heteroatoms. The summed E-state index contributed by atoms with van der Waals surface area (Å²) in [4.78, 5) is 6.99. The average Bonchev–Trinajstić information content (AvgIpc) is 3.35. The van der Waals surface area contributed by atoms with Crippen molar-refractivity contribution in [2.45, 2.75) is 50.9 Å². The molecule has 0 radical (unpaired) electrons. The summed E-state index contributed by atoms with van der Waals surface area (Å²) in [5, 5.41) is 7.62. The molecule has 24 heavy (non-hydrogen) atoms. The Hall–Kier alpha value is -1.46. The van der Waals surface area contributed by atoms with Crippen molar-refractivity contribution in [3.63, 3.8) is 0 Å². The van der Waals surface area contributed by atoms with Crippen LogP contribution in [-0.4, -0.2) is 49.7 Å². The molecule has 0 aromatic heterocycles. The minimum Gasteiger partial charge on any atom is -0.496 e. The molecule has 1 heterocycles. The van der Waals surface area contributed by atoms with Crippen LogP contribution < -0.4 is 15.4 Å². The lowest BCUT2D eigenvalue weighted by atomic mass is 10.2. The van der Waals surface area contributed by atoms with Gasteiger partial charge in [0.15, 0.2) is 5.96 Å². The van der Waals surface area contributed by atoms with Crippen molar-refractivity contribution in [1.82, 2.24) is 15.5 Å². The van der Waals surface area contributed by atoms with Crippen molar-refractivity contribution >= 4 is 17.6 Å². The van der Waals surface area contributed by atoms with Gasteiger partial charge in [0, 0.05) is 48.8 Å². The molecule has 2 N–H and O–H groups in total. The monoisotopic (exact) mass is 350 g/mol. The lowest BCUT2D eigenvalue weighted by Gasteiger charge is -2.20. The molecule has 2 atom stereocenters. The van der Waals surface area contributed by atoms with Crippen molar-refractivity contribution in [2.75, 3.05) is 20.7 Å². The molecule has 2 unspecified atom stereocenters. The average molecular weight is 351 g/mol. The van der Waals surface area contributed by atoms with E-state index in [4.69, 9.17) is 16.3 Å². The van der Waals surface area contributed by atoms with Gasteiger partial charge in [0.05, 0.1) is 7.11 Å². The zero-order valence-electron chi connectivity index (χ0n) is 14.7. The number of benzene rings is 1. The van der Waals surface area contributed by atoms with Gasteiger partial charge < -0.3 is 15.4 Å². The summed E-state index contributed by atoms with van der Waals surface area (Å²) >= 11 is 6.02. The molecule has 1 saturated heterocycles. The normalized spacial score (nSPS) is 24.9. The first-order chi connectivity index (χ1) is 11.6. The van der Waals surface area contributed by atoms with Gasteiger partial charge in [0.2, 0.25) is 0 Å². The predicted molar refractivity (Wildman–Crippen MR) is 98.9 cm³/mol. The molecular weight excluding hydrogens is 324 g/mol. The van der Waals surface area contributed by atoms with E-state index in [1.165, 1.54) is 19.3 Å². The maximum absolute atomic E-state index is 6.02. The largest absolute Gasteiger partial charge is 0.496 e. The van der Waals surface area contributed by atoms with Gasteiger partial charge in [-0.2, -0.15) is 0 Å². The lowest BCUT2D eigenvalue weighted by Crippen LogP contribution is -2.44. The molecule has 2 fully saturated rings. The van der Waals surface area contributed by atoms with Gasteiger partial charge in [-0.05, 0) is 38.3 Å². The van der Waals surface area contributed by atoms with E-state index < -0.39 is 0 Å². The molecule has 5 nitrogen and oxygen atoms in total. The molecule has 2 aliphatic rings. The third-order valence-corrected chi connectivity index (χ3v) is 5.13. The van der Waals surface area contributed by atoms with Crippen LogP contribution in [0.15, 0.2) is 23.2 Å². The van der Waals surface area contributed by atoms with E-state index >= 15 is 0 Å². The molecule has 1 aromatic rings. The topological polar surface area (TPSA) is 48.9 Å². The van der Waals surface area contributed by atoms with Gasteiger partial charge >= 0.3 is 0 Å². The fourth-order valence-corrected chi connectivity index (χ4v) is 3.67. The lowest BCUT2D eigenvalue weighted by molar-refractivity contribution is 0.256. The molecule has 0 amide bonds. The van der Waals surface area contributed by atoms with Crippen molar-refractivity contribution in [3.8, 4) is 5.75 Å². The zero-order chi connectivity index (χ0) is 17.1. The zero-order valence-corrected chi connectivity index (χ0v) is 15.4. The standard InChI is InChI=1S/C18H27ClN4O/c1-12-8-15(11-23(12)16-6-7-16)22-18(20-2)21-10-13-4-5-14(19)9-17(13)24-3/h4-5,9,12,15-16H,6-8,10-11H2,1-3H3,(H2,20,21,22). The SMILES string of the molecule is CN=C(NCc1ccc(Cl)cc1OC)NC1CC(C)N(C2CC2)C1. The molecular formula is C18H27ClN4O. The molecule has 1 aromatic carbocycles. The second-order valence-electron chi connectivity index (χ2n) is 6.74. The van der Waals surface area contributed by atoms with Crippen molar-refractivity contribution in [1.29, 1.82) is 0 Å². The Balaban J connectivity index is 1.54. The van der Waals surface area contributed by atoms with E-state index in [1.807, 2.05) is 25.2 Å². The Morgan fingerprint density at radius 1 is 1.42 bits per heavy atom. The highest BCUT2D eigenvalue weighted by atomic mass is 35.5. The van der Waals surface area contributed by atoms with Gasteiger partial charge in [-0.25, -0.2) is 0 Å². The van der Waals surface area contributed by atoms with E-state index in [9.17, 15) is 0 Å². The number of aliphatic imine (C=N–C) groups is 1. The number of halogens is 1. The van der Waals surface area contributed by atoms with Crippen molar-refractivity contribution < 1.29 is 4.74 Å². The third-order valence-electron chi connectivity index (χ3n) is 4.90. The van der Waals surface area contributed by atoms with Crippen LogP contribution in [0.5, 0.6) is 5.75 Å². The predicted octanol–water partition coefficient (Wildman–Crippen LogP) is 2.64. The highest BCUT2D eigenvalue weighted by Gasteiger charge is 2.38. The van der Waals surface area contributed by atoms with Crippen LogP contribution in [0.3, 0.4) is 0 Å². The molecule has 1 aliphatic carbocycles. The van der Waals surface area contributed by atoms with Gasteiger partial charge in [-0.1, -0.05) is 17.7 Å². The Labute approximate surface area is 149 Å². The maximum Gasteiger partial charge on any atom is 0.191 e. The first-order valence-electron chi connectivity index (χ1n) is 8.66. The van der Waals surface area contributed by atoms with E-state index in [2.05, 4.69) is 27.4 Å². The molecule has 1 aliphatic heterocycles. The highest BCUT2D eigenvalue weighted by molar-refractivity contribution is 6.30. The summed E-state index contributed by atoms with van der Waals surface area (Å²) in [5.41, 5.74) is 1.06. The van der Waals surface area contributed by atoms with Gasteiger partial charge in [0.1, 0.15) is 5.75 Å². The number of hydrogen-bond donors (Lipinski definition) is 2. The summed E-state index contributed by atoms with van der Waals surface area (Å²) < 4.78 is 5.40. The fraction of sp³-hybridized carbons (Fsp3) is 0.611. The van der Waals surface area contributed by atoms with Crippen LogP contribution in [-0.2, 0) is 6.54 Å². The fourth-order valence-electron chi connectivity index (χ4n) is 3.51. The second kappa shape index (κ2) is 7.62. The summed E-state index contributed by atoms with van der Waals surface area (Å²) in [6.45, 7) is 4.08. The smallest absolute Gasteiger partial charge is 0.191 e. The molecule has 132 valence electrons. The van der Waals surface area contributed by atoms with E-state index in [-0.39, 0.29) is 0 Å². The van der Waals surface area contributed by atoms with Crippen LogP contribution in [0.4, 0.5) is 0 Å². The minimum atomic E-state index is 0.457. The molecule has 0 spiro atoms. The number of hydrogen-bond acceptors (Lipinski definition) is 3. The van der Waals surface area contributed by atoms with Crippen molar-refractivity contribution in [2.24, 2.45) is 4.99 Å². The molecule has 1 saturated carbocycles. The van der Waals surface area contributed by atoms with Gasteiger partial charge in [0.25, 0.3) is 0 Å². The number of nitrogens with one attached hydrogen (secondary N) is 2. The Morgan fingerprint density at radius 2 is 2.21 bits per heavy atom. The van der Waals surface area contributed by atoms with E-state index in [0.717, 1.165) is 29.9 Å². The highest BCUT2D eigenvalue weighted by Crippen LogP contribution is 2.33. The quantitative estimate of drug-likeness (QED) is 0.633. The van der Waals surface area contributed by atoms with Crippen LogP contribution in [0.1, 0.15) is 31.7 Å². The second-order valence-corrected chi connectivity index (χ2v) is 7.17. The van der Waals surface area contributed by atoms with Crippen LogP contribution in [0.2, 0.25) is 5.02 Å². The van der Waals surface area contributed by atoms with Crippen LogP contribution >= 0.6 is 11.6 Å². The summed E-state index contributed by atoms with van der Waals surface area (Å²) in [7, 11) is 3.47. The number of methoxy groups -OCH3 is 1. The molecule has 3 rings (SSSR count). The van der Waals surface area contributed by atoms with Gasteiger partial charge in [-0.3, -0.25) is 9.89 Å². The third kappa shape index (κ3) is 4.14. The Bertz CT molecular complexity index is 603. The summed E-state index contributed by atoms with van der Waals surface area (Å²) in [6, 6.07) is 7.63. The number of rotatable bonds is 5. The number of nitrogens with zero attached hydrogens (tertiary/aromatic N) is 2. The first-order valence-corrected chi connectivity index (χ1v) is 9.04. The van der Waals surface area contributed by atoms with Crippen molar-refractivity contribution in [3.05, 3.63) is 28.8 Å². The first kappa shape index (κ1) is 17.4. The number of guanidine groups is 1. The number of likely N-dealkylation sites (tertiary alicyclic amines) is 1. The minimum absolute atomic E-state index is 0.457. The summed E-state index contributed by atoms with van der Waals surface area (Å²) in [6.07, 6.45) is 3.89. The van der Waals surface area contributed by atoms with Crippen LogP contribution in [0.25, 0.3) is 0 Å². The summed E-state index contributed by atoms with van der Waals surface area (Å²) in [5.74, 6) is 1.63.